The normalized spacial score (nSPS) is 24.7. The summed E-state index contributed by atoms with van der Waals surface area (Å²) in [7, 11) is 0. The number of rotatable bonds is 6. The van der Waals surface area contributed by atoms with Crippen molar-refractivity contribution in [3.63, 3.8) is 0 Å². The Hall–Kier alpha value is -0.380. The van der Waals surface area contributed by atoms with Crippen LogP contribution in [-0.4, -0.2) is 47.0 Å². The molecule has 0 aliphatic heterocycles. The minimum atomic E-state index is -0.321. The van der Waals surface area contributed by atoms with Crippen molar-refractivity contribution in [1.82, 2.24) is 4.90 Å². The quantitative estimate of drug-likeness (QED) is 0.674. The maximum atomic E-state index is 9.43. The summed E-state index contributed by atoms with van der Waals surface area (Å²) in [6.07, 6.45) is 7.38. The fraction of sp³-hybridized carbons (Fsp3) is 0.846. The molecule has 3 heteroatoms. The van der Waals surface area contributed by atoms with E-state index in [0.717, 1.165) is 13.0 Å². The topological polar surface area (TPSA) is 43.7 Å². The molecule has 0 bridgehead atoms. The van der Waals surface area contributed by atoms with Gasteiger partial charge in [0.05, 0.1) is 12.2 Å². The van der Waals surface area contributed by atoms with Gasteiger partial charge in [0, 0.05) is 19.6 Å². The Morgan fingerprint density at radius 2 is 1.81 bits per heavy atom. The Morgan fingerprint density at radius 3 is 2.25 bits per heavy atom. The van der Waals surface area contributed by atoms with Gasteiger partial charge in [-0.15, -0.1) is 0 Å². The van der Waals surface area contributed by atoms with Crippen LogP contribution < -0.4 is 0 Å². The largest absolute Gasteiger partial charge is 0.392 e. The van der Waals surface area contributed by atoms with Crippen LogP contribution in [0.5, 0.6) is 0 Å². The second kappa shape index (κ2) is 7.05. The number of hydrogen-bond acceptors (Lipinski definition) is 3. The predicted molar refractivity (Wildman–Crippen MR) is 66.3 cm³/mol. The summed E-state index contributed by atoms with van der Waals surface area (Å²) in [5.74, 6) is 0.683. The second-order valence-electron chi connectivity index (χ2n) is 5.07. The molecule has 2 N–H and O–H groups in total. The molecule has 0 amide bonds. The Bertz CT molecular complexity index is 204. The molecule has 0 aromatic rings. The van der Waals surface area contributed by atoms with Crippen LogP contribution in [-0.2, 0) is 0 Å². The standard InChI is InChI=1S/C13H25NO2/c1-11(15)8-14(9-12(2)16)10-13-6-4-3-5-7-13/h3-4,11-13,15-16H,5-10H2,1-2H3/t11-,12-,13+/m0/s1. The lowest BCUT2D eigenvalue weighted by Gasteiger charge is -2.29. The minimum absolute atomic E-state index is 0.321. The van der Waals surface area contributed by atoms with Crippen LogP contribution >= 0.6 is 0 Å². The molecule has 0 aromatic carbocycles. The van der Waals surface area contributed by atoms with Crippen molar-refractivity contribution in [2.75, 3.05) is 19.6 Å². The summed E-state index contributed by atoms with van der Waals surface area (Å²) in [4.78, 5) is 2.18. The molecule has 0 saturated heterocycles. The van der Waals surface area contributed by atoms with Gasteiger partial charge in [-0.25, -0.2) is 0 Å². The third kappa shape index (κ3) is 5.64. The summed E-state index contributed by atoms with van der Waals surface area (Å²) >= 11 is 0. The molecule has 3 atom stereocenters. The molecule has 0 saturated carbocycles. The molecule has 0 unspecified atom stereocenters. The minimum Gasteiger partial charge on any atom is -0.392 e. The number of hydrogen-bond donors (Lipinski definition) is 2. The van der Waals surface area contributed by atoms with Crippen molar-refractivity contribution in [2.45, 2.75) is 45.3 Å². The SMILES string of the molecule is C[C@H](O)CN(C[C@@H]1CC=CCC1)C[C@H](C)O. The van der Waals surface area contributed by atoms with Gasteiger partial charge in [-0.3, -0.25) is 4.90 Å². The maximum Gasteiger partial charge on any atom is 0.0639 e. The van der Waals surface area contributed by atoms with Crippen molar-refractivity contribution in [2.24, 2.45) is 5.92 Å². The van der Waals surface area contributed by atoms with Gasteiger partial charge in [-0.1, -0.05) is 12.2 Å². The number of nitrogens with zero attached hydrogens (tertiary/aromatic N) is 1. The summed E-state index contributed by atoms with van der Waals surface area (Å²) in [5.41, 5.74) is 0. The van der Waals surface area contributed by atoms with Gasteiger partial charge in [-0.05, 0) is 39.0 Å². The molecule has 1 rings (SSSR count). The third-order valence-electron chi connectivity index (χ3n) is 2.94. The van der Waals surface area contributed by atoms with Crippen LogP contribution in [0, 0.1) is 5.92 Å². The van der Waals surface area contributed by atoms with Gasteiger partial charge in [-0.2, -0.15) is 0 Å². The van der Waals surface area contributed by atoms with E-state index in [1.807, 2.05) is 0 Å². The van der Waals surface area contributed by atoms with E-state index in [1.54, 1.807) is 13.8 Å². The Kier molecular flexibility index (Phi) is 6.03. The van der Waals surface area contributed by atoms with Crippen LogP contribution in [0.2, 0.25) is 0 Å². The molecule has 94 valence electrons. The van der Waals surface area contributed by atoms with Gasteiger partial charge in [0.15, 0.2) is 0 Å². The molecule has 16 heavy (non-hydrogen) atoms. The van der Waals surface area contributed by atoms with Gasteiger partial charge in [0.2, 0.25) is 0 Å². The molecule has 0 aromatic heterocycles. The van der Waals surface area contributed by atoms with E-state index >= 15 is 0 Å². The predicted octanol–water partition coefficient (Wildman–Crippen LogP) is 1.41. The van der Waals surface area contributed by atoms with E-state index < -0.39 is 0 Å². The molecule has 1 aliphatic rings. The van der Waals surface area contributed by atoms with Crippen molar-refractivity contribution >= 4 is 0 Å². The second-order valence-corrected chi connectivity index (χ2v) is 5.07. The monoisotopic (exact) mass is 227 g/mol. The lowest BCUT2D eigenvalue weighted by Crippen LogP contribution is -2.39. The molecule has 1 aliphatic carbocycles. The fourth-order valence-corrected chi connectivity index (χ4v) is 2.36. The molecule has 0 heterocycles. The lowest BCUT2D eigenvalue weighted by atomic mass is 9.94. The summed E-state index contributed by atoms with van der Waals surface area (Å²) in [6.45, 7) is 5.90. The highest BCUT2D eigenvalue weighted by Crippen LogP contribution is 2.19. The van der Waals surface area contributed by atoms with Crippen molar-refractivity contribution in [3.8, 4) is 0 Å². The third-order valence-corrected chi connectivity index (χ3v) is 2.94. The number of aliphatic hydroxyl groups is 2. The molecular formula is C13H25NO2. The van der Waals surface area contributed by atoms with Gasteiger partial charge in [0.1, 0.15) is 0 Å². The van der Waals surface area contributed by atoms with Gasteiger partial charge in [0.25, 0.3) is 0 Å². The van der Waals surface area contributed by atoms with Crippen LogP contribution in [0.25, 0.3) is 0 Å². The van der Waals surface area contributed by atoms with E-state index in [2.05, 4.69) is 17.1 Å². The average Bonchev–Trinajstić information content (AvgIpc) is 2.16. The first-order chi connectivity index (χ1) is 7.58. The van der Waals surface area contributed by atoms with E-state index in [4.69, 9.17) is 0 Å². The fourth-order valence-electron chi connectivity index (χ4n) is 2.36. The van der Waals surface area contributed by atoms with Gasteiger partial charge >= 0.3 is 0 Å². The van der Waals surface area contributed by atoms with E-state index in [0.29, 0.717) is 19.0 Å². The van der Waals surface area contributed by atoms with Crippen molar-refractivity contribution in [3.05, 3.63) is 12.2 Å². The Balaban J connectivity index is 2.38. The summed E-state index contributed by atoms with van der Waals surface area (Å²) < 4.78 is 0. The highest BCUT2D eigenvalue weighted by atomic mass is 16.3. The molecular weight excluding hydrogens is 202 g/mol. The number of allylic oxidation sites excluding steroid dienone is 2. The smallest absolute Gasteiger partial charge is 0.0639 e. The molecule has 3 nitrogen and oxygen atoms in total. The lowest BCUT2D eigenvalue weighted by molar-refractivity contribution is 0.0728. The van der Waals surface area contributed by atoms with Crippen LogP contribution in [0.4, 0.5) is 0 Å². The van der Waals surface area contributed by atoms with E-state index in [1.165, 1.54) is 12.8 Å². The molecule has 0 radical (unpaired) electrons. The van der Waals surface area contributed by atoms with Crippen LogP contribution in [0.1, 0.15) is 33.1 Å². The first kappa shape index (κ1) is 13.7. The average molecular weight is 227 g/mol. The number of aliphatic hydroxyl groups excluding tert-OH is 2. The molecule has 0 spiro atoms. The zero-order chi connectivity index (χ0) is 12.0. The highest BCUT2D eigenvalue weighted by Gasteiger charge is 2.17. The van der Waals surface area contributed by atoms with Gasteiger partial charge < -0.3 is 10.2 Å². The van der Waals surface area contributed by atoms with E-state index in [9.17, 15) is 10.2 Å². The Labute approximate surface area is 98.8 Å². The first-order valence-electron chi connectivity index (χ1n) is 6.31. The van der Waals surface area contributed by atoms with Crippen molar-refractivity contribution in [1.29, 1.82) is 0 Å². The van der Waals surface area contributed by atoms with Crippen molar-refractivity contribution < 1.29 is 10.2 Å². The van der Waals surface area contributed by atoms with E-state index in [-0.39, 0.29) is 12.2 Å². The van der Waals surface area contributed by atoms with Crippen LogP contribution in [0.3, 0.4) is 0 Å². The summed E-state index contributed by atoms with van der Waals surface area (Å²) in [5, 5.41) is 18.9. The van der Waals surface area contributed by atoms with Crippen LogP contribution in [0.15, 0.2) is 12.2 Å². The zero-order valence-corrected chi connectivity index (χ0v) is 10.5. The highest BCUT2D eigenvalue weighted by molar-refractivity contribution is 4.91. The zero-order valence-electron chi connectivity index (χ0n) is 10.5. The Morgan fingerprint density at radius 1 is 1.19 bits per heavy atom. The molecule has 0 fully saturated rings. The summed E-state index contributed by atoms with van der Waals surface area (Å²) in [6, 6.07) is 0. The maximum absolute atomic E-state index is 9.43. The first-order valence-corrected chi connectivity index (χ1v) is 6.31.